The van der Waals surface area contributed by atoms with E-state index in [-0.39, 0.29) is 6.61 Å². The number of aliphatic hydroxyl groups is 1. The van der Waals surface area contributed by atoms with Gasteiger partial charge >= 0.3 is 0 Å². The Kier molecular flexibility index (Phi) is 5.63. The van der Waals surface area contributed by atoms with E-state index < -0.39 is 0 Å². The fraction of sp³-hybridized carbons (Fsp3) is 0.467. The minimum absolute atomic E-state index is 0.252. The van der Waals surface area contributed by atoms with Gasteiger partial charge in [0.15, 0.2) is 0 Å². The Hall–Kier alpha value is -1.10. The second kappa shape index (κ2) is 7.48. The summed E-state index contributed by atoms with van der Waals surface area (Å²) in [7, 11) is 0. The molecule has 0 saturated carbocycles. The smallest absolute Gasteiger partial charge is 0.0566 e. The predicted molar refractivity (Wildman–Crippen MR) is 80.5 cm³/mol. The molecule has 0 spiro atoms. The number of thiophene rings is 1. The van der Waals surface area contributed by atoms with Crippen molar-refractivity contribution in [2.45, 2.75) is 38.9 Å². The van der Waals surface area contributed by atoms with Crippen molar-refractivity contribution in [2.75, 3.05) is 6.61 Å². The van der Waals surface area contributed by atoms with Gasteiger partial charge in [0.05, 0.1) is 6.54 Å². The van der Waals surface area contributed by atoms with Crippen LogP contribution >= 0.6 is 11.3 Å². The van der Waals surface area contributed by atoms with Crippen LogP contribution in [0.25, 0.3) is 0 Å². The molecule has 0 fully saturated rings. The molecule has 2 rings (SSSR count). The van der Waals surface area contributed by atoms with Crippen molar-refractivity contribution in [2.24, 2.45) is 0 Å². The number of rotatable bonds is 8. The number of nitrogens with zero attached hydrogens (tertiary/aromatic N) is 1. The summed E-state index contributed by atoms with van der Waals surface area (Å²) in [6, 6.07) is 8.91. The lowest BCUT2D eigenvalue weighted by Crippen LogP contribution is -2.29. The molecule has 2 aromatic heterocycles. The Morgan fingerprint density at radius 3 is 2.95 bits per heavy atom. The monoisotopic (exact) mass is 278 g/mol. The zero-order valence-corrected chi connectivity index (χ0v) is 12.2. The highest BCUT2D eigenvalue weighted by Gasteiger charge is 2.07. The molecule has 0 amide bonds. The molecule has 0 bridgehead atoms. The molecule has 2 aromatic rings. The zero-order valence-electron chi connectivity index (χ0n) is 11.4. The third kappa shape index (κ3) is 4.20. The number of aromatic nitrogens is 1. The van der Waals surface area contributed by atoms with Gasteiger partial charge in [-0.2, -0.15) is 0 Å². The number of hydrogen-bond acceptors (Lipinski definition) is 3. The molecule has 0 aliphatic rings. The summed E-state index contributed by atoms with van der Waals surface area (Å²) in [5.41, 5.74) is 1.30. The van der Waals surface area contributed by atoms with Gasteiger partial charge in [0, 0.05) is 36.0 Å². The Balaban J connectivity index is 1.92. The van der Waals surface area contributed by atoms with E-state index in [1.54, 1.807) is 11.3 Å². The summed E-state index contributed by atoms with van der Waals surface area (Å²) in [5.74, 6) is 0. The van der Waals surface area contributed by atoms with Crippen LogP contribution in [0.4, 0.5) is 0 Å². The fourth-order valence-corrected chi connectivity index (χ4v) is 2.89. The van der Waals surface area contributed by atoms with E-state index in [0.29, 0.717) is 6.04 Å². The molecule has 0 aromatic carbocycles. The van der Waals surface area contributed by atoms with Gasteiger partial charge in [-0.15, -0.1) is 11.3 Å². The lowest BCUT2D eigenvalue weighted by Gasteiger charge is -2.16. The van der Waals surface area contributed by atoms with Gasteiger partial charge in [-0.3, -0.25) is 0 Å². The molecule has 19 heavy (non-hydrogen) atoms. The lowest BCUT2D eigenvalue weighted by atomic mass is 10.1. The van der Waals surface area contributed by atoms with E-state index in [0.717, 1.165) is 25.9 Å². The van der Waals surface area contributed by atoms with Crippen LogP contribution in [0, 0.1) is 0 Å². The van der Waals surface area contributed by atoms with E-state index >= 15 is 0 Å². The van der Waals surface area contributed by atoms with Gasteiger partial charge in [-0.25, -0.2) is 0 Å². The van der Waals surface area contributed by atoms with Crippen LogP contribution < -0.4 is 5.32 Å². The Morgan fingerprint density at radius 2 is 2.26 bits per heavy atom. The highest BCUT2D eigenvalue weighted by Crippen LogP contribution is 2.13. The van der Waals surface area contributed by atoms with Crippen LogP contribution in [0.5, 0.6) is 0 Å². The van der Waals surface area contributed by atoms with Gasteiger partial charge in [-0.05, 0) is 36.4 Å². The standard InChI is InChI=1S/C15H22N2OS/c1-2-13(7-9-18)16-11-14-5-3-8-17(14)12-15-6-4-10-19-15/h3-6,8,10,13,16,18H,2,7,9,11-12H2,1H3. The third-order valence-corrected chi connectivity index (χ3v) is 4.23. The van der Waals surface area contributed by atoms with E-state index in [2.05, 4.69) is 52.7 Å². The maximum absolute atomic E-state index is 9.01. The van der Waals surface area contributed by atoms with Crippen LogP contribution in [0.15, 0.2) is 35.8 Å². The molecule has 0 aliphatic carbocycles. The molecule has 1 unspecified atom stereocenters. The van der Waals surface area contributed by atoms with Gasteiger partial charge in [0.2, 0.25) is 0 Å². The largest absolute Gasteiger partial charge is 0.396 e. The van der Waals surface area contributed by atoms with Gasteiger partial charge in [0.25, 0.3) is 0 Å². The van der Waals surface area contributed by atoms with Crippen molar-refractivity contribution < 1.29 is 5.11 Å². The van der Waals surface area contributed by atoms with Crippen LogP contribution in [-0.2, 0) is 13.1 Å². The molecule has 0 saturated heterocycles. The van der Waals surface area contributed by atoms with Crippen molar-refractivity contribution in [1.29, 1.82) is 0 Å². The fourth-order valence-electron chi connectivity index (χ4n) is 2.19. The average Bonchev–Trinajstić information content (AvgIpc) is 3.07. The first kappa shape index (κ1) is 14.3. The van der Waals surface area contributed by atoms with Crippen LogP contribution in [-0.4, -0.2) is 22.3 Å². The Bertz CT molecular complexity index is 464. The highest BCUT2D eigenvalue weighted by atomic mass is 32.1. The number of hydrogen-bond donors (Lipinski definition) is 2. The summed E-state index contributed by atoms with van der Waals surface area (Å²) >= 11 is 1.79. The van der Waals surface area contributed by atoms with E-state index in [9.17, 15) is 0 Å². The van der Waals surface area contributed by atoms with Crippen molar-refractivity contribution in [3.8, 4) is 0 Å². The molecular weight excluding hydrogens is 256 g/mol. The molecule has 3 nitrogen and oxygen atoms in total. The minimum Gasteiger partial charge on any atom is -0.396 e. The molecule has 2 N–H and O–H groups in total. The average molecular weight is 278 g/mol. The number of aliphatic hydroxyl groups excluding tert-OH is 1. The van der Waals surface area contributed by atoms with Crippen molar-refractivity contribution in [1.82, 2.24) is 9.88 Å². The molecule has 1 atom stereocenters. The Labute approximate surface area is 118 Å². The normalized spacial score (nSPS) is 12.7. The first-order valence-corrected chi connectivity index (χ1v) is 7.72. The quantitative estimate of drug-likeness (QED) is 0.779. The molecule has 104 valence electrons. The summed E-state index contributed by atoms with van der Waals surface area (Å²) in [6.45, 7) is 4.20. The molecule has 2 heterocycles. The van der Waals surface area contributed by atoms with Gasteiger partial charge in [-0.1, -0.05) is 13.0 Å². The SMILES string of the molecule is CCC(CCO)NCc1cccn1Cc1cccs1. The second-order valence-corrected chi connectivity index (χ2v) is 5.74. The third-order valence-electron chi connectivity index (χ3n) is 3.37. The molecule has 0 radical (unpaired) electrons. The first-order chi connectivity index (χ1) is 9.33. The first-order valence-electron chi connectivity index (χ1n) is 6.84. The van der Waals surface area contributed by atoms with Crippen LogP contribution in [0.1, 0.15) is 30.3 Å². The van der Waals surface area contributed by atoms with Crippen LogP contribution in [0.3, 0.4) is 0 Å². The maximum Gasteiger partial charge on any atom is 0.0566 e. The van der Waals surface area contributed by atoms with E-state index in [1.807, 2.05) is 0 Å². The topological polar surface area (TPSA) is 37.2 Å². The Morgan fingerprint density at radius 1 is 1.37 bits per heavy atom. The molecule has 4 heteroatoms. The maximum atomic E-state index is 9.01. The van der Waals surface area contributed by atoms with E-state index in [1.165, 1.54) is 10.6 Å². The minimum atomic E-state index is 0.252. The number of nitrogens with one attached hydrogen (secondary N) is 1. The van der Waals surface area contributed by atoms with E-state index in [4.69, 9.17) is 5.11 Å². The second-order valence-electron chi connectivity index (χ2n) is 4.71. The molecule has 0 aliphatic heterocycles. The summed E-state index contributed by atoms with van der Waals surface area (Å²) in [4.78, 5) is 1.37. The lowest BCUT2D eigenvalue weighted by molar-refractivity contribution is 0.261. The summed E-state index contributed by atoms with van der Waals surface area (Å²) in [5, 5.41) is 14.6. The van der Waals surface area contributed by atoms with Crippen molar-refractivity contribution >= 4 is 11.3 Å². The zero-order chi connectivity index (χ0) is 13.5. The van der Waals surface area contributed by atoms with Crippen molar-refractivity contribution in [3.63, 3.8) is 0 Å². The predicted octanol–water partition coefficient (Wildman–Crippen LogP) is 2.85. The van der Waals surface area contributed by atoms with Crippen molar-refractivity contribution in [3.05, 3.63) is 46.4 Å². The van der Waals surface area contributed by atoms with Gasteiger partial charge < -0.3 is 15.0 Å². The summed E-state index contributed by atoms with van der Waals surface area (Å²) < 4.78 is 2.28. The van der Waals surface area contributed by atoms with Gasteiger partial charge in [0.1, 0.15) is 0 Å². The highest BCUT2D eigenvalue weighted by molar-refractivity contribution is 7.09. The summed E-state index contributed by atoms with van der Waals surface area (Å²) in [6.07, 6.45) is 4.00. The molecular formula is C15H22N2OS. The van der Waals surface area contributed by atoms with Crippen LogP contribution in [0.2, 0.25) is 0 Å².